The minimum atomic E-state index is -3.19. The summed E-state index contributed by atoms with van der Waals surface area (Å²) in [5.41, 5.74) is 0.890. The molecule has 0 spiro atoms. The molecule has 0 aromatic rings. The highest BCUT2D eigenvalue weighted by Gasteiger charge is 2.65. The zero-order chi connectivity index (χ0) is 81.7. The van der Waals surface area contributed by atoms with E-state index in [0.29, 0.717) is 6.29 Å². The number of amides is 5. The monoisotopic (exact) mass is 1530 g/mol. The van der Waals surface area contributed by atoms with Gasteiger partial charge in [-0.2, -0.15) is 4.79 Å². The fourth-order valence-corrected chi connectivity index (χ4v) is 10.7. The number of Topliss-reactive ketones (excluding diaryl/α,β-unsaturated/α-hetero) is 1. The number of terminal acetylenes is 2. The first-order chi connectivity index (χ1) is 45.6. The highest BCUT2D eigenvalue weighted by Crippen LogP contribution is 2.50. The number of rotatable bonds is 12. The average molecular weight is 1530 g/mol. The number of carboxylic acid groups (broad SMARTS) is 1. The van der Waals surface area contributed by atoms with Gasteiger partial charge in [-0.15, -0.1) is 12.8 Å². The summed E-state index contributed by atoms with van der Waals surface area (Å²) < 4.78 is 196. The number of hydrogen-bond donors (Lipinski definition) is 8. The molecule has 0 aliphatic heterocycles. The van der Waals surface area contributed by atoms with Crippen LogP contribution in [0, 0.1) is 24.7 Å². The van der Waals surface area contributed by atoms with Crippen LogP contribution in [0.1, 0.15) is 188 Å². The molecule has 590 valence electrons. The van der Waals surface area contributed by atoms with Gasteiger partial charge in [0, 0.05) is 97.7 Å². The quantitative estimate of drug-likeness (QED) is 0.0104. The lowest BCUT2D eigenvalue weighted by atomic mass is 9.73. The third kappa shape index (κ3) is 33.4. The van der Waals surface area contributed by atoms with Crippen LogP contribution in [-0.2, 0) is 56.7 Å². The highest BCUT2D eigenvalue weighted by molar-refractivity contribution is 7.78. The van der Waals surface area contributed by atoms with Crippen molar-refractivity contribution >= 4 is 67.3 Å². The number of aliphatic hydroxyl groups excluding tert-OH is 1. The zero-order valence-corrected chi connectivity index (χ0v) is 61.6. The van der Waals surface area contributed by atoms with Crippen molar-refractivity contribution in [2.24, 2.45) is 5.73 Å². The molecule has 6 rings (SSSR count). The number of alkyl carbamates (subject to hydrolysis) is 5. The SMILES string of the molecule is C#CC1(N)CC(F)(F)C1.C#CC1(NC(=O)OC(C)(C)C)CC(F)(F)C1.CC(C)(C)OC(=O)NC1(C(=O)O)CC(F)(F)C1.CC(C)(C)OC(=O)NC1(C=O)CC(F)(F)C1.CC(C)(C)OC(=O)NC1(CO)CC(F)(F)C1.COC(=O)C1(NC(=O)OC(C)(C)C)CC(F)(F)C1.COP(C)(=O)C(=[N+]=[N-])C(C)=O. The molecular weight excluding hydrogens is 1430 g/mol. The van der Waals surface area contributed by atoms with E-state index in [9.17, 15) is 100 Å². The maximum Gasteiger partial charge on any atom is 0.414 e. The molecule has 1 atom stereocenters. The topological polar surface area (TPSA) is 398 Å². The van der Waals surface area contributed by atoms with Crippen LogP contribution in [0.15, 0.2) is 0 Å². The number of halogens is 12. The van der Waals surface area contributed by atoms with Gasteiger partial charge < -0.3 is 85.8 Å². The first kappa shape index (κ1) is 95.4. The maximum atomic E-state index is 12.9. The van der Waals surface area contributed by atoms with Crippen molar-refractivity contribution in [3.63, 3.8) is 0 Å². The van der Waals surface area contributed by atoms with Gasteiger partial charge in [0.1, 0.15) is 45.4 Å². The van der Waals surface area contributed by atoms with Crippen LogP contribution in [0.25, 0.3) is 5.53 Å². The number of ether oxygens (including phenoxy) is 6. The molecule has 5 amide bonds. The van der Waals surface area contributed by atoms with Crippen LogP contribution in [0.5, 0.6) is 0 Å². The van der Waals surface area contributed by atoms with E-state index in [1.54, 1.807) is 104 Å². The molecule has 0 bridgehead atoms. The number of carbonyl (C=O) groups is 9. The number of carboxylic acids is 1. The maximum absolute atomic E-state index is 12.9. The number of nitrogens with one attached hydrogen (secondary N) is 5. The van der Waals surface area contributed by atoms with Gasteiger partial charge in [0.25, 0.3) is 35.5 Å². The summed E-state index contributed by atoms with van der Waals surface area (Å²) in [6.45, 7) is 26.6. The number of hydrogen-bond acceptors (Lipinski definition) is 19. The predicted octanol–water partition coefficient (Wildman–Crippen LogP) is 11.0. The Bertz CT molecular complexity index is 3220. The van der Waals surface area contributed by atoms with Crippen LogP contribution in [0.4, 0.5) is 76.7 Å². The van der Waals surface area contributed by atoms with Crippen molar-refractivity contribution in [2.75, 3.05) is 27.5 Å². The molecule has 0 heterocycles. The van der Waals surface area contributed by atoms with E-state index < -0.39 is 229 Å². The molecule has 6 saturated carbocycles. The Labute approximate surface area is 588 Å². The van der Waals surface area contributed by atoms with Gasteiger partial charge in [-0.05, 0) is 104 Å². The molecule has 1 unspecified atom stereocenters. The fraction of sp³-hybridized carbons (Fsp3) is 0.778. The fourth-order valence-electron chi connectivity index (χ4n) is 9.76. The lowest BCUT2D eigenvalue weighted by molar-refractivity contribution is -0.179. The van der Waals surface area contributed by atoms with Gasteiger partial charge in [-0.25, -0.2) is 86.2 Å². The Balaban J connectivity index is 0.00000119. The minimum absolute atomic E-state index is 0.342. The van der Waals surface area contributed by atoms with E-state index >= 15 is 0 Å². The van der Waals surface area contributed by atoms with Gasteiger partial charge >= 0.3 is 55.2 Å². The van der Waals surface area contributed by atoms with Crippen LogP contribution in [0.2, 0.25) is 0 Å². The Morgan fingerprint density at radius 2 is 0.816 bits per heavy atom. The highest BCUT2D eigenvalue weighted by atomic mass is 31.2. The average Bonchev–Trinajstić information content (AvgIpc) is 0.767. The van der Waals surface area contributed by atoms with Gasteiger partial charge in [0.15, 0.2) is 11.1 Å². The van der Waals surface area contributed by atoms with Gasteiger partial charge in [-0.1, -0.05) is 11.8 Å². The van der Waals surface area contributed by atoms with E-state index in [4.69, 9.17) is 58.0 Å². The molecule has 0 radical (unpaired) electrons. The summed E-state index contributed by atoms with van der Waals surface area (Å²) in [5.74, 6) is -15.7. The van der Waals surface area contributed by atoms with Crippen LogP contribution < -0.4 is 32.3 Å². The van der Waals surface area contributed by atoms with E-state index in [1.807, 2.05) is 5.32 Å². The molecule has 0 saturated heterocycles. The number of nitrogens with zero attached hydrogens (tertiary/aromatic N) is 2. The first-order valence-corrected chi connectivity index (χ1v) is 33.0. The molecule has 0 aromatic heterocycles. The van der Waals surface area contributed by atoms with Crippen molar-refractivity contribution in [1.29, 1.82) is 0 Å². The van der Waals surface area contributed by atoms with Crippen molar-refractivity contribution < 1.29 is 148 Å². The van der Waals surface area contributed by atoms with Gasteiger partial charge in [0.2, 0.25) is 5.78 Å². The van der Waals surface area contributed by atoms with Gasteiger partial charge in [-0.3, -0.25) is 9.36 Å². The Kier molecular flexibility index (Phi) is 31.2. The van der Waals surface area contributed by atoms with Gasteiger partial charge in [0.05, 0.1) is 24.8 Å². The summed E-state index contributed by atoms with van der Waals surface area (Å²) in [6.07, 6.45) is -1.52. The van der Waals surface area contributed by atoms with Crippen LogP contribution >= 0.6 is 7.37 Å². The lowest BCUT2D eigenvalue weighted by Crippen LogP contribution is -2.67. The smallest absolute Gasteiger partial charge is 0.414 e. The second kappa shape index (κ2) is 33.7. The Hall–Kier alpha value is -7.60. The lowest BCUT2D eigenvalue weighted by Gasteiger charge is -2.46. The molecule has 6 aliphatic carbocycles. The number of methoxy groups -OCH3 is 1. The number of esters is 1. The summed E-state index contributed by atoms with van der Waals surface area (Å²) in [4.78, 5) is 103. The standard InChI is InChI=1S/C11H17F2NO4.C11H15F2NO2.C10H15F2NO4.C10H17F2NO3.C10H15F2NO3.C6H7F2N.C5H9N2O3P/c1-9(2,3)18-8(16)14-10(7(15)17-4)5-11(12,13)6-10;1-5-10(6-11(12,13)7-10)14-8(15)16-9(2,3)4;1-8(2,3)17-7(16)13-9(6(14)15)4-10(11,12)5-9;2*1-8(2,3)16-7(15)13-9(6-14)4-10(11,12)5-9;1-2-5(9)3-6(7,8)4-5;1-4(8)5(7-6)11(3,9)10-2/h5-6H2,1-4H3,(H,14,16);1H,6-7H2,2-4H3,(H,14,15);4-5H2,1-3H3,(H,13,16)(H,14,15);14H,4-6H2,1-3H3,(H,13,15);6H,4-5H2,1-3H3,(H,13,15);1H,3-4,9H2;1-3H3. The summed E-state index contributed by atoms with van der Waals surface area (Å²) in [7, 11) is -0.919. The summed E-state index contributed by atoms with van der Waals surface area (Å²) >= 11 is 0. The largest absolute Gasteiger partial charge is 0.479 e. The van der Waals surface area contributed by atoms with E-state index in [1.165, 1.54) is 13.8 Å². The Morgan fingerprint density at radius 1 is 0.515 bits per heavy atom. The number of aliphatic hydroxyl groups is 1. The number of nitrogens with two attached hydrogens (primary N) is 1. The third-order valence-corrected chi connectivity index (χ3v) is 15.7. The molecule has 6 fully saturated rings. The number of ketones is 1. The van der Waals surface area contributed by atoms with E-state index in [0.717, 1.165) is 14.0 Å². The van der Waals surface area contributed by atoms with E-state index in [-0.39, 0.29) is 12.8 Å². The van der Waals surface area contributed by atoms with Crippen molar-refractivity contribution in [3.05, 3.63) is 5.53 Å². The number of aliphatic carboxylic acids is 1. The predicted molar refractivity (Wildman–Crippen MR) is 343 cm³/mol. The molecule has 103 heavy (non-hydrogen) atoms. The molecule has 9 N–H and O–H groups in total. The second-order valence-corrected chi connectivity index (χ2v) is 33.1. The molecule has 6 aliphatic rings. The Morgan fingerprint density at radius 3 is 1.04 bits per heavy atom. The molecular formula is C63H95F12N8O19P. The number of alkyl halides is 12. The normalized spacial score (nSPS) is 21.3. The summed E-state index contributed by atoms with van der Waals surface area (Å²) in [5, 5.41) is 28.8. The number of aldehydes is 1. The zero-order valence-electron chi connectivity index (χ0n) is 60.7. The molecule has 40 heteroatoms. The second-order valence-electron chi connectivity index (χ2n) is 30.6. The molecule has 27 nitrogen and oxygen atoms in total. The first-order valence-electron chi connectivity index (χ1n) is 30.9. The van der Waals surface area contributed by atoms with Crippen LogP contribution in [0.3, 0.4) is 0 Å². The summed E-state index contributed by atoms with van der Waals surface area (Å²) in [6, 6.07) is 0. The molecule has 0 aromatic carbocycles. The minimum Gasteiger partial charge on any atom is -0.479 e. The van der Waals surface area contributed by atoms with Crippen molar-refractivity contribution in [3.8, 4) is 24.7 Å². The van der Waals surface area contributed by atoms with Crippen molar-refractivity contribution in [2.45, 2.75) is 285 Å². The van der Waals surface area contributed by atoms with Crippen LogP contribution in [-0.4, -0.2) is 199 Å². The van der Waals surface area contributed by atoms with E-state index in [2.05, 4.69) is 47.2 Å². The number of carbonyl (C=O) groups excluding carboxylic acids is 8. The van der Waals surface area contributed by atoms with Crippen molar-refractivity contribution in [1.82, 2.24) is 26.6 Å². The third-order valence-electron chi connectivity index (χ3n) is 13.8.